The van der Waals surface area contributed by atoms with E-state index in [1.807, 2.05) is 6.07 Å². The average molecular weight is 256 g/mol. The van der Waals surface area contributed by atoms with E-state index in [0.29, 0.717) is 6.04 Å². The highest BCUT2D eigenvalue weighted by Crippen LogP contribution is 2.38. The van der Waals surface area contributed by atoms with Crippen molar-refractivity contribution in [3.05, 3.63) is 29.3 Å². The number of benzene rings is 1. The van der Waals surface area contributed by atoms with Crippen LogP contribution in [0.1, 0.15) is 41.6 Å². The molecule has 19 heavy (non-hydrogen) atoms. The Morgan fingerprint density at radius 1 is 1.32 bits per heavy atom. The van der Waals surface area contributed by atoms with Gasteiger partial charge < -0.3 is 10.2 Å². The second-order valence-corrected chi connectivity index (χ2v) is 6.19. The van der Waals surface area contributed by atoms with Crippen molar-refractivity contribution in [1.29, 1.82) is 0 Å². The van der Waals surface area contributed by atoms with Crippen LogP contribution in [0.25, 0.3) is 0 Å². The topological polar surface area (TPSA) is 32.3 Å². The monoisotopic (exact) mass is 256 g/mol. The highest BCUT2D eigenvalue weighted by atomic mass is 16.2. The van der Waals surface area contributed by atoms with Crippen LogP contribution in [0.2, 0.25) is 0 Å². The van der Waals surface area contributed by atoms with E-state index in [1.165, 1.54) is 36.9 Å². The van der Waals surface area contributed by atoms with Crippen molar-refractivity contribution >= 4 is 11.6 Å². The highest BCUT2D eigenvalue weighted by Gasteiger charge is 2.40. The molecule has 100 valence electrons. The number of hydrogen-bond donors (Lipinski definition) is 1. The van der Waals surface area contributed by atoms with E-state index in [4.69, 9.17) is 0 Å². The second-order valence-electron chi connectivity index (χ2n) is 6.19. The molecule has 3 nitrogen and oxygen atoms in total. The molecule has 2 fully saturated rings. The Hall–Kier alpha value is -1.51. The van der Waals surface area contributed by atoms with Crippen LogP contribution in [0, 0.1) is 5.92 Å². The molecule has 3 aliphatic rings. The van der Waals surface area contributed by atoms with Gasteiger partial charge in [-0.3, -0.25) is 4.79 Å². The number of carbonyl (C=O) groups is 1. The predicted molar refractivity (Wildman–Crippen MR) is 75.4 cm³/mol. The molecular weight excluding hydrogens is 236 g/mol. The van der Waals surface area contributed by atoms with Crippen LogP contribution in [0.4, 0.5) is 5.69 Å². The summed E-state index contributed by atoms with van der Waals surface area (Å²) >= 11 is 0. The van der Waals surface area contributed by atoms with Crippen LogP contribution in [-0.4, -0.2) is 29.9 Å². The molecule has 0 aromatic heterocycles. The Labute approximate surface area is 114 Å². The summed E-state index contributed by atoms with van der Waals surface area (Å²) in [6, 6.07) is 6.70. The van der Waals surface area contributed by atoms with Crippen LogP contribution in [-0.2, 0) is 6.42 Å². The number of anilines is 1. The maximum absolute atomic E-state index is 12.6. The molecule has 4 rings (SSSR count). The van der Waals surface area contributed by atoms with Gasteiger partial charge in [0.05, 0.1) is 0 Å². The molecular formula is C16H20N2O. The third kappa shape index (κ3) is 1.83. The lowest BCUT2D eigenvalue weighted by molar-refractivity contribution is 0.0703. The number of aryl methyl sites for hydroxylation is 1. The molecule has 2 aliphatic heterocycles. The first-order valence-electron chi connectivity index (χ1n) is 7.49. The fourth-order valence-electron chi connectivity index (χ4n) is 3.95. The molecule has 3 heteroatoms. The van der Waals surface area contributed by atoms with Gasteiger partial charge in [-0.15, -0.1) is 0 Å². The zero-order chi connectivity index (χ0) is 12.8. The van der Waals surface area contributed by atoms with Gasteiger partial charge in [-0.05, 0) is 61.8 Å². The summed E-state index contributed by atoms with van der Waals surface area (Å²) in [6.45, 7) is 2.04. The molecule has 0 radical (unpaired) electrons. The van der Waals surface area contributed by atoms with Crippen molar-refractivity contribution in [2.24, 2.45) is 5.92 Å². The summed E-state index contributed by atoms with van der Waals surface area (Å²) in [5.41, 5.74) is 3.40. The zero-order valence-corrected chi connectivity index (χ0v) is 11.2. The summed E-state index contributed by atoms with van der Waals surface area (Å²) in [7, 11) is 0. The van der Waals surface area contributed by atoms with Gasteiger partial charge in [0, 0.05) is 30.4 Å². The standard InChI is InChI=1S/C16H20N2O/c19-16(18-10-11-3-5-14(18)8-11)13-4-6-15-12(9-13)2-1-7-17-15/h4,6,9,11,14,17H,1-3,5,7-8,10H2. The Balaban J connectivity index is 1.60. The van der Waals surface area contributed by atoms with Gasteiger partial charge in [0.25, 0.3) is 5.91 Å². The van der Waals surface area contributed by atoms with E-state index in [9.17, 15) is 4.79 Å². The Bertz CT molecular complexity index is 525. The van der Waals surface area contributed by atoms with Crippen molar-refractivity contribution in [3.8, 4) is 0 Å². The molecule has 1 aliphatic carbocycles. The first kappa shape index (κ1) is 11.3. The lowest BCUT2D eigenvalue weighted by Crippen LogP contribution is -2.37. The number of rotatable bonds is 1. The quantitative estimate of drug-likeness (QED) is 0.838. The zero-order valence-electron chi connectivity index (χ0n) is 11.2. The summed E-state index contributed by atoms with van der Waals surface area (Å²) in [6.07, 6.45) is 6.03. The van der Waals surface area contributed by atoms with Crippen molar-refractivity contribution in [2.75, 3.05) is 18.4 Å². The molecule has 0 spiro atoms. The fraction of sp³-hybridized carbons (Fsp3) is 0.562. The molecule has 2 unspecified atom stereocenters. The molecule has 1 aromatic carbocycles. The van der Waals surface area contributed by atoms with Crippen LogP contribution in [0.15, 0.2) is 18.2 Å². The first-order chi connectivity index (χ1) is 9.31. The smallest absolute Gasteiger partial charge is 0.254 e. The van der Waals surface area contributed by atoms with Gasteiger partial charge >= 0.3 is 0 Å². The van der Waals surface area contributed by atoms with E-state index in [-0.39, 0.29) is 5.91 Å². The van der Waals surface area contributed by atoms with Gasteiger partial charge in [0.15, 0.2) is 0 Å². The summed E-state index contributed by atoms with van der Waals surface area (Å²) in [5.74, 6) is 1.02. The summed E-state index contributed by atoms with van der Waals surface area (Å²) in [4.78, 5) is 14.7. The van der Waals surface area contributed by atoms with Crippen molar-refractivity contribution < 1.29 is 4.79 Å². The Kier molecular flexibility index (Phi) is 2.54. The minimum absolute atomic E-state index is 0.251. The minimum Gasteiger partial charge on any atom is -0.385 e. The number of nitrogens with one attached hydrogen (secondary N) is 1. The Morgan fingerprint density at radius 3 is 3.05 bits per heavy atom. The van der Waals surface area contributed by atoms with Gasteiger partial charge in [0.1, 0.15) is 0 Å². The van der Waals surface area contributed by atoms with Crippen molar-refractivity contribution in [3.63, 3.8) is 0 Å². The third-order valence-electron chi connectivity index (χ3n) is 4.96. The maximum atomic E-state index is 12.6. The molecule has 2 bridgehead atoms. The molecule has 1 saturated heterocycles. The molecule has 2 heterocycles. The van der Waals surface area contributed by atoms with E-state index in [2.05, 4.69) is 22.3 Å². The predicted octanol–water partition coefficient (Wildman–Crippen LogP) is 2.67. The van der Waals surface area contributed by atoms with Gasteiger partial charge in [-0.2, -0.15) is 0 Å². The minimum atomic E-state index is 0.251. The van der Waals surface area contributed by atoms with Crippen molar-refractivity contribution in [2.45, 2.75) is 38.1 Å². The lowest BCUT2D eigenvalue weighted by atomic mass is 10.00. The number of likely N-dealkylation sites (tertiary alicyclic amines) is 1. The van der Waals surface area contributed by atoms with Crippen LogP contribution >= 0.6 is 0 Å². The fourth-order valence-corrected chi connectivity index (χ4v) is 3.95. The third-order valence-corrected chi connectivity index (χ3v) is 4.96. The van der Waals surface area contributed by atoms with E-state index >= 15 is 0 Å². The SMILES string of the molecule is O=C(c1ccc2c(c1)CCCN2)N1CC2CCC1C2. The number of nitrogens with zero attached hydrogens (tertiary/aromatic N) is 1. The van der Waals surface area contributed by atoms with E-state index in [1.54, 1.807) is 0 Å². The van der Waals surface area contributed by atoms with Crippen LogP contribution in [0.3, 0.4) is 0 Å². The normalized spacial score (nSPS) is 28.1. The Morgan fingerprint density at radius 2 is 2.26 bits per heavy atom. The number of carbonyl (C=O) groups excluding carboxylic acids is 1. The summed E-state index contributed by atoms with van der Waals surface area (Å²) in [5, 5.41) is 3.40. The van der Waals surface area contributed by atoms with Gasteiger partial charge in [0.2, 0.25) is 0 Å². The molecule has 1 amide bonds. The second kappa shape index (κ2) is 4.26. The van der Waals surface area contributed by atoms with E-state index in [0.717, 1.165) is 31.0 Å². The molecule has 1 N–H and O–H groups in total. The van der Waals surface area contributed by atoms with E-state index < -0.39 is 0 Å². The van der Waals surface area contributed by atoms with Crippen molar-refractivity contribution in [1.82, 2.24) is 4.90 Å². The first-order valence-corrected chi connectivity index (χ1v) is 7.49. The summed E-state index contributed by atoms with van der Waals surface area (Å²) < 4.78 is 0. The number of piperidine rings is 1. The van der Waals surface area contributed by atoms with Crippen LogP contribution in [0.5, 0.6) is 0 Å². The molecule has 2 atom stereocenters. The van der Waals surface area contributed by atoms with Gasteiger partial charge in [-0.1, -0.05) is 0 Å². The number of amides is 1. The number of fused-ring (bicyclic) bond motifs is 3. The van der Waals surface area contributed by atoms with Gasteiger partial charge in [-0.25, -0.2) is 0 Å². The molecule has 1 aromatic rings. The maximum Gasteiger partial charge on any atom is 0.254 e. The molecule has 1 saturated carbocycles. The highest BCUT2D eigenvalue weighted by molar-refractivity contribution is 5.95. The lowest BCUT2D eigenvalue weighted by Gasteiger charge is -2.27. The van der Waals surface area contributed by atoms with Crippen LogP contribution < -0.4 is 5.32 Å². The average Bonchev–Trinajstić information content (AvgIpc) is 3.08. The largest absolute Gasteiger partial charge is 0.385 e. The number of hydrogen-bond acceptors (Lipinski definition) is 2.